The summed E-state index contributed by atoms with van der Waals surface area (Å²) in [5, 5.41) is 4.77. The number of aromatic nitrogens is 1. The first-order valence-electron chi connectivity index (χ1n) is 5.59. The summed E-state index contributed by atoms with van der Waals surface area (Å²) in [5.41, 5.74) is -0.294. The van der Waals surface area contributed by atoms with Gasteiger partial charge in [0, 0.05) is 0 Å². The number of hydrogen-bond acceptors (Lipinski definition) is 6. The molecule has 114 valence electrons. The van der Waals surface area contributed by atoms with Gasteiger partial charge in [0.05, 0.1) is 10.4 Å². The van der Waals surface area contributed by atoms with Crippen molar-refractivity contribution in [2.24, 2.45) is 0 Å². The lowest BCUT2D eigenvalue weighted by Gasteiger charge is -2.06. The Kier molecular flexibility index (Phi) is 4.10. The first-order valence-corrected chi connectivity index (χ1v) is 7.96. The molecule has 2 aromatic heterocycles. The number of nitrogens with one attached hydrogen (secondary N) is 1. The molecule has 1 amide bonds. The molecule has 0 saturated heterocycles. The Morgan fingerprint density at radius 2 is 2.10 bits per heavy atom. The molecule has 0 bridgehead atoms. The zero-order valence-electron chi connectivity index (χ0n) is 10.9. The maximum atomic E-state index is 12.7. The molecule has 1 N–H and O–H groups in total. The summed E-state index contributed by atoms with van der Waals surface area (Å²) >= 11 is 0.679. The van der Waals surface area contributed by atoms with E-state index in [1.807, 2.05) is 0 Å². The number of carbonyl (C=O) groups is 1. The van der Waals surface area contributed by atoms with Crippen LogP contribution in [0.15, 0.2) is 20.9 Å². The van der Waals surface area contributed by atoms with Gasteiger partial charge in [-0.25, -0.2) is 21.9 Å². The van der Waals surface area contributed by atoms with E-state index in [1.165, 1.54) is 19.2 Å². The number of alkyl halides is 2. The lowest BCUT2D eigenvalue weighted by Crippen LogP contribution is -2.31. The van der Waals surface area contributed by atoms with Gasteiger partial charge in [-0.2, -0.15) is 0 Å². The molecule has 0 saturated carbocycles. The highest BCUT2D eigenvalue weighted by Gasteiger charge is 2.28. The molecule has 0 unspecified atom stereocenters. The third-order valence-electron chi connectivity index (χ3n) is 2.60. The molecule has 0 aliphatic rings. The van der Waals surface area contributed by atoms with E-state index in [4.69, 9.17) is 4.52 Å². The van der Waals surface area contributed by atoms with Crippen LogP contribution in [0, 0.1) is 13.8 Å². The molecule has 2 heterocycles. The van der Waals surface area contributed by atoms with Gasteiger partial charge in [0.25, 0.3) is 22.4 Å². The lowest BCUT2D eigenvalue weighted by atomic mass is 10.2. The smallest absolute Gasteiger partial charge is 0.273 e. The quantitative estimate of drug-likeness (QED) is 0.926. The van der Waals surface area contributed by atoms with E-state index in [-0.39, 0.29) is 21.9 Å². The molecule has 2 rings (SSSR count). The van der Waals surface area contributed by atoms with Gasteiger partial charge in [-0.1, -0.05) is 5.16 Å². The summed E-state index contributed by atoms with van der Waals surface area (Å²) in [5.74, 6) is -1.11. The third kappa shape index (κ3) is 2.95. The number of thiophene rings is 1. The molecule has 0 spiro atoms. The number of halogens is 2. The standard InChI is InChI=1S/C11H10F2N2O4S2/c1-5-9(6(2)19-14-5)21(17,18)15-11(16)7-3-4-20-8(7)10(12)13/h3-4,10H,1-2H3,(H,15,16). The first-order chi connectivity index (χ1) is 9.74. The van der Waals surface area contributed by atoms with Crippen LogP contribution >= 0.6 is 11.3 Å². The zero-order chi connectivity index (χ0) is 15.8. The van der Waals surface area contributed by atoms with Crippen LogP contribution in [0.1, 0.15) is 33.1 Å². The topological polar surface area (TPSA) is 89.3 Å². The Bertz CT molecular complexity index is 760. The Morgan fingerprint density at radius 3 is 2.62 bits per heavy atom. The highest BCUT2D eigenvalue weighted by atomic mass is 32.2. The van der Waals surface area contributed by atoms with Crippen molar-refractivity contribution in [1.29, 1.82) is 0 Å². The molecule has 0 aromatic carbocycles. The average molecular weight is 336 g/mol. The van der Waals surface area contributed by atoms with Crippen LogP contribution in [0.4, 0.5) is 8.78 Å². The van der Waals surface area contributed by atoms with Crippen molar-refractivity contribution in [2.75, 3.05) is 0 Å². The zero-order valence-corrected chi connectivity index (χ0v) is 12.5. The van der Waals surface area contributed by atoms with E-state index in [2.05, 4.69) is 5.16 Å². The van der Waals surface area contributed by atoms with Crippen LogP contribution in [0.25, 0.3) is 0 Å². The number of nitrogens with zero attached hydrogens (tertiary/aromatic N) is 1. The van der Waals surface area contributed by atoms with Gasteiger partial charge in [-0.3, -0.25) is 4.79 Å². The van der Waals surface area contributed by atoms with Crippen molar-refractivity contribution in [3.63, 3.8) is 0 Å². The molecule has 10 heteroatoms. The summed E-state index contributed by atoms with van der Waals surface area (Å²) < 4.78 is 56.1. The second-order valence-electron chi connectivity index (χ2n) is 4.09. The van der Waals surface area contributed by atoms with Crippen LogP contribution < -0.4 is 4.72 Å². The van der Waals surface area contributed by atoms with Gasteiger partial charge in [0.2, 0.25) is 0 Å². The summed E-state index contributed by atoms with van der Waals surface area (Å²) in [6.07, 6.45) is -2.85. The molecule has 6 nitrogen and oxygen atoms in total. The predicted molar refractivity (Wildman–Crippen MR) is 69.9 cm³/mol. The van der Waals surface area contributed by atoms with Crippen LogP contribution in [0.2, 0.25) is 0 Å². The lowest BCUT2D eigenvalue weighted by molar-refractivity contribution is 0.0970. The highest BCUT2D eigenvalue weighted by molar-refractivity contribution is 7.90. The fourth-order valence-electron chi connectivity index (χ4n) is 1.76. The number of sulfonamides is 1. The van der Waals surface area contributed by atoms with E-state index < -0.39 is 27.2 Å². The van der Waals surface area contributed by atoms with Crippen molar-refractivity contribution in [3.05, 3.63) is 33.3 Å². The van der Waals surface area contributed by atoms with Gasteiger partial charge >= 0.3 is 0 Å². The Hall–Kier alpha value is -1.81. The van der Waals surface area contributed by atoms with Crippen LogP contribution in [-0.4, -0.2) is 19.5 Å². The fraction of sp³-hybridized carbons (Fsp3) is 0.273. The maximum Gasteiger partial charge on any atom is 0.273 e. The maximum absolute atomic E-state index is 12.7. The normalized spacial score (nSPS) is 11.9. The van der Waals surface area contributed by atoms with E-state index in [1.54, 1.807) is 4.72 Å². The number of hydrogen-bond donors (Lipinski definition) is 1. The average Bonchev–Trinajstić information content (AvgIpc) is 2.95. The molecule has 0 atom stereocenters. The van der Waals surface area contributed by atoms with Crippen molar-refractivity contribution < 1.29 is 26.5 Å². The minimum Gasteiger partial charge on any atom is -0.360 e. The van der Waals surface area contributed by atoms with Gasteiger partial charge in [0.15, 0.2) is 10.7 Å². The number of amides is 1. The van der Waals surface area contributed by atoms with Gasteiger partial charge in [-0.05, 0) is 25.3 Å². The number of aryl methyl sites for hydroxylation is 2. The van der Waals surface area contributed by atoms with E-state index >= 15 is 0 Å². The summed E-state index contributed by atoms with van der Waals surface area (Å²) in [4.78, 5) is 11.1. The summed E-state index contributed by atoms with van der Waals surface area (Å²) in [6, 6.07) is 1.14. The minimum atomic E-state index is -4.24. The Morgan fingerprint density at radius 1 is 1.43 bits per heavy atom. The molecule has 0 fully saturated rings. The van der Waals surface area contributed by atoms with Crippen LogP contribution in [-0.2, 0) is 10.0 Å². The molecule has 0 aliphatic carbocycles. The summed E-state index contributed by atoms with van der Waals surface area (Å²) in [7, 11) is -4.24. The molecular formula is C11H10F2N2O4S2. The van der Waals surface area contributed by atoms with Crippen molar-refractivity contribution in [1.82, 2.24) is 9.88 Å². The number of rotatable bonds is 4. The molecule has 0 radical (unpaired) electrons. The second-order valence-corrected chi connectivity index (χ2v) is 6.65. The third-order valence-corrected chi connectivity index (χ3v) is 5.10. The van der Waals surface area contributed by atoms with Crippen LogP contribution in [0.5, 0.6) is 0 Å². The van der Waals surface area contributed by atoms with Gasteiger partial charge in [-0.15, -0.1) is 11.3 Å². The fourth-order valence-corrected chi connectivity index (χ4v) is 3.80. The van der Waals surface area contributed by atoms with Crippen LogP contribution in [0.3, 0.4) is 0 Å². The highest BCUT2D eigenvalue weighted by Crippen LogP contribution is 2.28. The minimum absolute atomic E-state index is 0.00667. The second kappa shape index (κ2) is 5.53. The molecule has 0 aliphatic heterocycles. The Labute approximate surface area is 122 Å². The van der Waals surface area contributed by atoms with Crippen molar-refractivity contribution in [3.8, 4) is 0 Å². The summed E-state index contributed by atoms with van der Waals surface area (Å²) in [6.45, 7) is 2.76. The molecular weight excluding hydrogens is 326 g/mol. The van der Waals surface area contributed by atoms with E-state index in [9.17, 15) is 22.0 Å². The molecule has 2 aromatic rings. The SMILES string of the molecule is Cc1noc(C)c1S(=O)(=O)NC(=O)c1ccsc1C(F)F. The Balaban J connectivity index is 2.33. The van der Waals surface area contributed by atoms with E-state index in [0.29, 0.717) is 11.3 Å². The predicted octanol–water partition coefficient (Wildman–Crippen LogP) is 2.41. The largest absolute Gasteiger partial charge is 0.360 e. The monoisotopic (exact) mass is 336 g/mol. The first kappa shape index (κ1) is 15.6. The van der Waals surface area contributed by atoms with Gasteiger partial charge in [0.1, 0.15) is 5.69 Å². The molecule has 21 heavy (non-hydrogen) atoms. The van der Waals surface area contributed by atoms with Gasteiger partial charge < -0.3 is 4.52 Å². The van der Waals surface area contributed by atoms with Crippen molar-refractivity contribution >= 4 is 27.3 Å². The number of carbonyl (C=O) groups excluding carboxylic acids is 1. The van der Waals surface area contributed by atoms with E-state index in [0.717, 1.165) is 6.07 Å². The van der Waals surface area contributed by atoms with Crippen molar-refractivity contribution in [2.45, 2.75) is 25.2 Å².